The van der Waals surface area contributed by atoms with Gasteiger partial charge < -0.3 is 19.1 Å². The molecule has 0 aliphatic carbocycles. The van der Waals surface area contributed by atoms with Crippen LogP contribution in [0.25, 0.3) is 0 Å². The normalized spacial score (nSPS) is 12.4. The van der Waals surface area contributed by atoms with Crippen molar-refractivity contribution in [2.45, 2.75) is 26.8 Å². The molecule has 178 valence electrons. The molecule has 0 fully saturated rings. The van der Waals surface area contributed by atoms with Crippen molar-refractivity contribution in [2.24, 2.45) is 10.3 Å². The van der Waals surface area contributed by atoms with Crippen molar-refractivity contribution in [1.82, 2.24) is 0 Å². The van der Waals surface area contributed by atoms with E-state index in [4.69, 9.17) is 37.6 Å². The number of alkyl halides is 3. The third-order valence-electron chi connectivity index (χ3n) is 4.28. The number of esters is 1. The van der Waals surface area contributed by atoms with E-state index in [1.165, 1.54) is 33.3 Å². The minimum absolute atomic E-state index is 0.0179. The smallest absolute Gasteiger partial charge is 0.464 e. The molecule has 0 aliphatic heterocycles. The number of oxime groups is 2. The van der Waals surface area contributed by atoms with Crippen molar-refractivity contribution >= 4 is 40.6 Å². The fourth-order valence-electron chi connectivity index (χ4n) is 2.83. The van der Waals surface area contributed by atoms with Gasteiger partial charge in [-0.1, -0.05) is 51.7 Å². The van der Waals surface area contributed by atoms with Gasteiger partial charge in [0.05, 0.1) is 28.4 Å². The fraction of sp³-hybridized carbons (Fsp3) is 0.286. The zero-order chi connectivity index (χ0) is 24.8. The van der Waals surface area contributed by atoms with E-state index in [0.29, 0.717) is 11.1 Å². The highest BCUT2D eigenvalue weighted by atomic mass is 35.5. The van der Waals surface area contributed by atoms with E-state index in [2.05, 4.69) is 15.0 Å². The maximum absolute atomic E-state index is 12.8. The van der Waals surface area contributed by atoms with E-state index in [0.717, 1.165) is 5.56 Å². The van der Waals surface area contributed by atoms with Crippen LogP contribution in [0.3, 0.4) is 0 Å². The van der Waals surface area contributed by atoms with Gasteiger partial charge in [0.2, 0.25) is 0 Å². The van der Waals surface area contributed by atoms with Gasteiger partial charge >= 0.3 is 12.3 Å². The average Bonchev–Trinajstić information content (AvgIpc) is 2.74. The van der Waals surface area contributed by atoms with E-state index in [9.17, 15) is 18.0 Å². The van der Waals surface area contributed by atoms with E-state index < -0.39 is 18.1 Å². The molecule has 0 N–H and O–H groups in total. The first-order valence-electron chi connectivity index (χ1n) is 9.19. The van der Waals surface area contributed by atoms with Gasteiger partial charge in [-0.05, 0) is 31.5 Å². The van der Waals surface area contributed by atoms with Crippen LogP contribution >= 0.6 is 23.2 Å². The maximum atomic E-state index is 12.8. The van der Waals surface area contributed by atoms with Gasteiger partial charge in [-0.25, -0.2) is 4.79 Å². The number of carbonyl (C=O) groups excluding carboxylic acids is 1. The average molecular weight is 507 g/mol. The minimum atomic E-state index is -4.99. The summed E-state index contributed by atoms with van der Waals surface area (Å²) in [5, 5.41) is 7.22. The Kier molecular flexibility index (Phi) is 8.95. The van der Waals surface area contributed by atoms with Crippen LogP contribution in [0.15, 0.2) is 40.6 Å². The maximum Gasteiger partial charge on any atom is 0.573 e. The molecule has 0 atom stereocenters. The highest BCUT2D eigenvalue weighted by Crippen LogP contribution is 2.38. The largest absolute Gasteiger partial charge is 0.573 e. The number of methoxy groups -OCH3 is 1. The quantitative estimate of drug-likeness (QED) is 0.262. The van der Waals surface area contributed by atoms with Gasteiger partial charge in [-0.15, -0.1) is 13.2 Å². The first kappa shape index (κ1) is 26.3. The number of aryl methyl sites for hydroxylation is 1. The van der Waals surface area contributed by atoms with E-state index in [-0.39, 0.29) is 33.6 Å². The van der Waals surface area contributed by atoms with Gasteiger partial charge in [-0.3, -0.25) is 0 Å². The van der Waals surface area contributed by atoms with Gasteiger partial charge in [0.25, 0.3) is 0 Å². The summed E-state index contributed by atoms with van der Waals surface area (Å²) in [6.07, 6.45) is -4.99. The molecule has 0 unspecified atom stereocenters. The molecule has 0 saturated heterocycles. The second-order valence-electron chi connectivity index (χ2n) is 6.45. The van der Waals surface area contributed by atoms with E-state index in [1.807, 2.05) is 0 Å². The van der Waals surface area contributed by atoms with Crippen LogP contribution in [0.4, 0.5) is 13.2 Å². The lowest BCUT2D eigenvalue weighted by Gasteiger charge is -2.16. The van der Waals surface area contributed by atoms with Crippen LogP contribution < -0.4 is 4.74 Å². The third-order valence-corrected chi connectivity index (χ3v) is 4.89. The Morgan fingerprint density at radius 3 is 2.33 bits per heavy atom. The van der Waals surface area contributed by atoms with Crippen LogP contribution in [0.1, 0.15) is 29.2 Å². The molecule has 0 aromatic heterocycles. The van der Waals surface area contributed by atoms with Gasteiger partial charge in [-0.2, -0.15) is 0 Å². The SMILES string of the molecule is CO/N=C(/C(=O)OC)c1cccc(C)c1CO/N=C(\C)c1c(Cl)ccc(Cl)c1OC(F)(F)F. The highest BCUT2D eigenvalue weighted by Gasteiger charge is 2.34. The summed E-state index contributed by atoms with van der Waals surface area (Å²) < 4.78 is 47.3. The lowest BCUT2D eigenvalue weighted by Crippen LogP contribution is -2.20. The second kappa shape index (κ2) is 11.2. The fourth-order valence-corrected chi connectivity index (χ4v) is 3.31. The zero-order valence-corrected chi connectivity index (χ0v) is 19.4. The summed E-state index contributed by atoms with van der Waals surface area (Å²) >= 11 is 12.0. The molecular formula is C21H19Cl2F3N2O5. The summed E-state index contributed by atoms with van der Waals surface area (Å²) in [5.74, 6) is -1.43. The topological polar surface area (TPSA) is 78.7 Å². The van der Waals surface area contributed by atoms with E-state index in [1.54, 1.807) is 25.1 Å². The molecule has 33 heavy (non-hydrogen) atoms. The molecule has 0 saturated carbocycles. The zero-order valence-electron chi connectivity index (χ0n) is 17.9. The lowest BCUT2D eigenvalue weighted by atomic mass is 9.99. The Morgan fingerprint density at radius 1 is 1.06 bits per heavy atom. The summed E-state index contributed by atoms with van der Waals surface area (Å²) in [6.45, 7) is 2.99. The minimum Gasteiger partial charge on any atom is -0.464 e. The Bertz CT molecular complexity index is 1090. The standard InChI is InChI=1S/C21H19Cl2F3N2O5/c1-11-6-5-7-13(18(28-31-4)20(29)30-3)14(11)10-32-27-12(2)17-15(22)8-9-16(23)19(17)33-21(24,25)26/h5-9H,10H2,1-4H3/b27-12+,28-18+. The van der Waals surface area contributed by atoms with Crippen molar-refractivity contribution in [1.29, 1.82) is 0 Å². The molecule has 0 aliphatic rings. The summed E-state index contributed by atoms with van der Waals surface area (Å²) in [7, 11) is 2.47. The predicted octanol–water partition coefficient (Wildman–Crippen LogP) is 5.66. The van der Waals surface area contributed by atoms with Crippen molar-refractivity contribution in [3.63, 3.8) is 0 Å². The molecule has 2 rings (SSSR count). The van der Waals surface area contributed by atoms with Gasteiger partial charge in [0.15, 0.2) is 11.5 Å². The Morgan fingerprint density at radius 2 is 1.73 bits per heavy atom. The molecule has 7 nitrogen and oxygen atoms in total. The van der Waals surface area contributed by atoms with Crippen molar-refractivity contribution in [3.8, 4) is 5.75 Å². The van der Waals surface area contributed by atoms with Crippen LogP contribution in [-0.2, 0) is 25.8 Å². The molecule has 0 spiro atoms. The van der Waals surface area contributed by atoms with Crippen LogP contribution in [0, 0.1) is 6.92 Å². The lowest BCUT2D eigenvalue weighted by molar-refractivity contribution is -0.274. The number of nitrogens with zero attached hydrogens (tertiary/aromatic N) is 2. The van der Waals surface area contributed by atoms with Crippen LogP contribution in [0.2, 0.25) is 10.0 Å². The van der Waals surface area contributed by atoms with Crippen molar-refractivity contribution in [3.05, 3.63) is 62.6 Å². The number of benzene rings is 2. The van der Waals surface area contributed by atoms with Crippen LogP contribution in [0.5, 0.6) is 5.75 Å². The Balaban J connectivity index is 2.40. The monoisotopic (exact) mass is 506 g/mol. The first-order valence-corrected chi connectivity index (χ1v) is 9.94. The number of rotatable bonds is 8. The molecule has 0 radical (unpaired) electrons. The molecular weight excluding hydrogens is 488 g/mol. The molecule has 2 aromatic carbocycles. The highest BCUT2D eigenvalue weighted by molar-refractivity contribution is 6.43. The third kappa shape index (κ3) is 6.75. The number of ether oxygens (including phenoxy) is 2. The Labute approximate surface area is 197 Å². The number of hydrogen-bond acceptors (Lipinski definition) is 7. The molecule has 2 aromatic rings. The first-order chi connectivity index (χ1) is 15.5. The van der Waals surface area contributed by atoms with Gasteiger partial charge in [0.1, 0.15) is 13.7 Å². The Hall–Kier alpha value is -2.98. The molecule has 0 amide bonds. The van der Waals surface area contributed by atoms with Crippen molar-refractivity contribution in [2.75, 3.05) is 14.2 Å². The van der Waals surface area contributed by atoms with E-state index >= 15 is 0 Å². The molecule has 0 heterocycles. The predicted molar refractivity (Wildman–Crippen MR) is 117 cm³/mol. The number of halogens is 5. The van der Waals surface area contributed by atoms with Gasteiger partial charge in [0, 0.05) is 11.1 Å². The van der Waals surface area contributed by atoms with Crippen molar-refractivity contribution < 1.29 is 37.1 Å². The number of hydrogen-bond donors (Lipinski definition) is 0. The second-order valence-corrected chi connectivity index (χ2v) is 7.26. The molecule has 0 bridgehead atoms. The molecule has 12 heteroatoms. The van der Waals surface area contributed by atoms with Crippen LogP contribution in [-0.4, -0.2) is 38.0 Å². The number of carbonyl (C=O) groups is 1. The summed E-state index contributed by atoms with van der Waals surface area (Å²) in [5.41, 5.74) is 1.34. The summed E-state index contributed by atoms with van der Waals surface area (Å²) in [4.78, 5) is 22.2. The summed E-state index contributed by atoms with van der Waals surface area (Å²) in [6, 6.07) is 7.56.